The van der Waals surface area contributed by atoms with E-state index in [4.69, 9.17) is 4.74 Å². The first kappa shape index (κ1) is 16.1. The average molecular weight is 378 g/mol. The van der Waals surface area contributed by atoms with Gasteiger partial charge < -0.3 is 19.9 Å². The Balaban J connectivity index is 1.82. The van der Waals surface area contributed by atoms with Crippen LogP contribution in [0.4, 0.5) is 5.69 Å². The second kappa shape index (κ2) is 6.76. The van der Waals surface area contributed by atoms with E-state index in [0.717, 1.165) is 34.6 Å². The summed E-state index contributed by atoms with van der Waals surface area (Å²) in [5.41, 5.74) is 2.46. The van der Waals surface area contributed by atoms with Gasteiger partial charge in [0.1, 0.15) is 18.1 Å². The third-order valence-corrected chi connectivity index (χ3v) is 4.21. The van der Waals surface area contributed by atoms with Crippen molar-refractivity contribution in [1.29, 1.82) is 0 Å². The molecule has 3 rings (SSSR count). The molecule has 1 aromatic heterocycles. The van der Waals surface area contributed by atoms with Crippen molar-refractivity contribution in [2.75, 3.05) is 18.5 Å². The first-order chi connectivity index (χ1) is 11.0. The van der Waals surface area contributed by atoms with Crippen molar-refractivity contribution in [2.45, 2.75) is 26.4 Å². The van der Waals surface area contributed by atoms with Crippen LogP contribution in [0.5, 0.6) is 5.75 Å². The number of hydrogen-bond donors (Lipinski definition) is 2. The number of halogens is 1. The number of rotatable bonds is 3. The molecule has 0 atom stereocenters. The molecule has 23 heavy (non-hydrogen) atoms. The molecule has 122 valence electrons. The number of carbonyl (C=O) groups excluding carboxylic acids is 1. The summed E-state index contributed by atoms with van der Waals surface area (Å²) in [5, 5.41) is 6.27. The largest absolute Gasteiger partial charge is 0.492 e. The number of nitrogens with zero attached hydrogens (tertiary/aromatic N) is 1. The van der Waals surface area contributed by atoms with Crippen LogP contribution in [0.2, 0.25) is 0 Å². The highest BCUT2D eigenvalue weighted by atomic mass is 79.9. The van der Waals surface area contributed by atoms with Gasteiger partial charge in [-0.1, -0.05) is 0 Å². The first-order valence-electron chi connectivity index (χ1n) is 7.70. The molecule has 0 saturated heterocycles. The molecular formula is C17H20BrN3O2. The molecule has 1 aliphatic rings. The number of nitrogens with one attached hydrogen (secondary N) is 2. The quantitative estimate of drug-likeness (QED) is 0.859. The van der Waals surface area contributed by atoms with Crippen LogP contribution in [0.25, 0.3) is 0 Å². The van der Waals surface area contributed by atoms with Crippen molar-refractivity contribution in [3.63, 3.8) is 0 Å². The van der Waals surface area contributed by atoms with Gasteiger partial charge in [0.05, 0.1) is 0 Å². The van der Waals surface area contributed by atoms with Gasteiger partial charge in [0.15, 0.2) is 0 Å². The number of carbonyl (C=O) groups is 1. The second-order valence-corrected chi connectivity index (χ2v) is 6.76. The maximum atomic E-state index is 12.6. The van der Waals surface area contributed by atoms with Gasteiger partial charge >= 0.3 is 0 Å². The van der Waals surface area contributed by atoms with Crippen LogP contribution < -0.4 is 15.4 Å². The van der Waals surface area contributed by atoms with Crippen LogP contribution in [0, 0.1) is 0 Å². The minimum Gasteiger partial charge on any atom is -0.492 e. The lowest BCUT2D eigenvalue weighted by Crippen LogP contribution is -2.18. The summed E-state index contributed by atoms with van der Waals surface area (Å²) in [6, 6.07) is 7.80. The van der Waals surface area contributed by atoms with E-state index in [1.165, 1.54) is 0 Å². The minimum atomic E-state index is -0.119. The number of ether oxygens (including phenoxy) is 1. The Morgan fingerprint density at radius 1 is 1.39 bits per heavy atom. The van der Waals surface area contributed by atoms with Gasteiger partial charge in [-0.25, -0.2) is 0 Å². The smallest absolute Gasteiger partial charge is 0.272 e. The van der Waals surface area contributed by atoms with Gasteiger partial charge in [-0.2, -0.15) is 0 Å². The minimum absolute atomic E-state index is 0.119. The molecule has 2 N–H and O–H groups in total. The Labute approximate surface area is 144 Å². The highest BCUT2D eigenvalue weighted by molar-refractivity contribution is 9.10. The predicted octanol–water partition coefficient (Wildman–Crippen LogP) is 3.57. The number of amides is 1. The van der Waals surface area contributed by atoms with Gasteiger partial charge in [-0.15, -0.1) is 0 Å². The summed E-state index contributed by atoms with van der Waals surface area (Å²) in [6.07, 6.45) is 1.92. The Morgan fingerprint density at radius 3 is 3.00 bits per heavy atom. The Kier molecular flexibility index (Phi) is 4.73. The van der Waals surface area contributed by atoms with Crippen molar-refractivity contribution in [2.24, 2.45) is 0 Å². The zero-order valence-electron chi connectivity index (χ0n) is 13.2. The molecule has 0 radical (unpaired) electrons. The maximum Gasteiger partial charge on any atom is 0.272 e. The van der Waals surface area contributed by atoms with Gasteiger partial charge in [0.2, 0.25) is 0 Å². The summed E-state index contributed by atoms with van der Waals surface area (Å²) < 4.78 is 8.51. The monoisotopic (exact) mass is 377 g/mol. The number of anilines is 1. The predicted molar refractivity (Wildman–Crippen MR) is 94.1 cm³/mol. The summed E-state index contributed by atoms with van der Waals surface area (Å²) >= 11 is 3.44. The highest BCUT2D eigenvalue weighted by Gasteiger charge is 2.16. The average Bonchev–Trinajstić information content (AvgIpc) is 2.76. The van der Waals surface area contributed by atoms with E-state index in [1.807, 2.05) is 35.0 Å². The maximum absolute atomic E-state index is 12.6. The van der Waals surface area contributed by atoms with E-state index in [1.54, 1.807) is 0 Å². The van der Waals surface area contributed by atoms with E-state index < -0.39 is 0 Å². The molecule has 1 amide bonds. The highest BCUT2D eigenvalue weighted by Crippen LogP contribution is 2.25. The van der Waals surface area contributed by atoms with E-state index in [9.17, 15) is 4.79 Å². The fourth-order valence-corrected chi connectivity index (χ4v) is 3.08. The SMILES string of the molecule is CC(C)n1cc(Br)cc1C(=O)Nc1ccc2c(c1)CNCCO2. The summed E-state index contributed by atoms with van der Waals surface area (Å²) in [4.78, 5) is 12.6. The zero-order chi connectivity index (χ0) is 16.4. The third kappa shape index (κ3) is 3.59. The van der Waals surface area contributed by atoms with Crippen LogP contribution in [0.15, 0.2) is 34.9 Å². The molecule has 1 aliphatic heterocycles. The summed E-state index contributed by atoms with van der Waals surface area (Å²) in [7, 11) is 0. The van der Waals surface area contributed by atoms with Crippen LogP contribution in [0.1, 0.15) is 35.9 Å². The third-order valence-electron chi connectivity index (χ3n) is 3.77. The van der Waals surface area contributed by atoms with Gasteiger partial charge in [-0.05, 0) is 54.0 Å². The van der Waals surface area contributed by atoms with Gasteiger partial charge in [0.25, 0.3) is 5.91 Å². The molecule has 0 unspecified atom stereocenters. The molecular weight excluding hydrogens is 358 g/mol. The summed E-state index contributed by atoms with van der Waals surface area (Å²) in [6.45, 7) is 6.33. The van der Waals surface area contributed by atoms with Crippen molar-refractivity contribution in [3.05, 3.63) is 46.2 Å². The Morgan fingerprint density at radius 2 is 2.22 bits per heavy atom. The van der Waals surface area contributed by atoms with Gasteiger partial charge in [-0.3, -0.25) is 4.79 Å². The van der Waals surface area contributed by atoms with Crippen LogP contribution in [0.3, 0.4) is 0 Å². The fraction of sp³-hybridized carbons (Fsp3) is 0.353. The second-order valence-electron chi connectivity index (χ2n) is 5.85. The fourth-order valence-electron chi connectivity index (χ4n) is 2.64. The number of hydrogen-bond acceptors (Lipinski definition) is 3. The van der Waals surface area contributed by atoms with Crippen LogP contribution in [-0.2, 0) is 6.54 Å². The number of aromatic nitrogens is 1. The molecule has 2 aromatic rings. The molecule has 0 saturated carbocycles. The molecule has 1 aromatic carbocycles. The molecule has 0 spiro atoms. The van der Waals surface area contributed by atoms with Crippen molar-refractivity contribution in [3.8, 4) is 5.75 Å². The van der Waals surface area contributed by atoms with E-state index in [0.29, 0.717) is 12.3 Å². The Hall–Kier alpha value is -1.79. The Bertz CT molecular complexity index is 725. The topological polar surface area (TPSA) is 55.3 Å². The number of benzene rings is 1. The standard InChI is InChI=1S/C17H20BrN3O2/c1-11(2)21-10-13(18)8-15(21)17(22)20-14-3-4-16-12(7-14)9-19-5-6-23-16/h3-4,7-8,10-11,19H,5-6,9H2,1-2H3,(H,20,22). The van der Waals surface area contributed by atoms with E-state index in [2.05, 4.69) is 40.4 Å². The number of fused-ring (bicyclic) bond motifs is 1. The molecule has 0 bridgehead atoms. The molecule has 6 heteroatoms. The zero-order valence-corrected chi connectivity index (χ0v) is 14.8. The molecule has 0 fully saturated rings. The van der Waals surface area contributed by atoms with E-state index >= 15 is 0 Å². The van der Waals surface area contributed by atoms with Crippen molar-refractivity contribution in [1.82, 2.24) is 9.88 Å². The molecule has 5 nitrogen and oxygen atoms in total. The van der Waals surface area contributed by atoms with E-state index in [-0.39, 0.29) is 11.9 Å². The lowest BCUT2D eigenvalue weighted by Gasteiger charge is -2.14. The molecule has 0 aliphatic carbocycles. The normalized spacial score (nSPS) is 14.1. The summed E-state index contributed by atoms with van der Waals surface area (Å²) in [5.74, 6) is 0.758. The lowest BCUT2D eigenvalue weighted by atomic mass is 10.1. The van der Waals surface area contributed by atoms with Crippen LogP contribution >= 0.6 is 15.9 Å². The van der Waals surface area contributed by atoms with Crippen molar-refractivity contribution < 1.29 is 9.53 Å². The lowest BCUT2D eigenvalue weighted by molar-refractivity contribution is 0.101. The van der Waals surface area contributed by atoms with Crippen LogP contribution in [-0.4, -0.2) is 23.6 Å². The molecule has 2 heterocycles. The van der Waals surface area contributed by atoms with Gasteiger partial charge in [0, 0.05) is 41.1 Å². The first-order valence-corrected chi connectivity index (χ1v) is 8.49. The van der Waals surface area contributed by atoms with Crippen molar-refractivity contribution >= 4 is 27.5 Å².